The van der Waals surface area contributed by atoms with Crippen molar-refractivity contribution >= 4 is 0 Å². The van der Waals surface area contributed by atoms with Gasteiger partial charge >= 0.3 is 0 Å². The van der Waals surface area contributed by atoms with Gasteiger partial charge in [0.15, 0.2) is 0 Å². The van der Waals surface area contributed by atoms with Gasteiger partial charge in [0.1, 0.15) is 0 Å². The van der Waals surface area contributed by atoms with Gasteiger partial charge in [-0.2, -0.15) is 0 Å². The Bertz CT molecular complexity index is 307. The summed E-state index contributed by atoms with van der Waals surface area (Å²) in [5, 5.41) is 0. The summed E-state index contributed by atoms with van der Waals surface area (Å²) in [6.07, 6.45) is 4.01. The van der Waals surface area contributed by atoms with Gasteiger partial charge in [0.05, 0.1) is 13.2 Å². The molecule has 0 radical (unpaired) electrons. The maximum absolute atomic E-state index is 6.20. The number of rotatable bonds is 3. The molecule has 4 nitrogen and oxygen atoms in total. The van der Waals surface area contributed by atoms with Crippen molar-refractivity contribution in [2.75, 3.05) is 32.8 Å². The molecule has 0 bridgehead atoms. The van der Waals surface area contributed by atoms with Gasteiger partial charge in [-0.15, -0.1) is 0 Å². The van der Waals surface area contributed by atoms with Gasteiger partial charge < -0.3 is 10.5 Å². The van der Waals surface area contributed by atoms with Crippen molar-refractivity contribution in [2.24, 2.45) is 5.73 Å². The fourth-order valence-electron chi connectivity index (χ4n) is 4.03. The van der Waals surface area contributed by atoms with E-state index in [-0.39, 0.29) is 5.54 Å². The molecular formula is C14H27N3O. The molecule has 3 fully saturated rings. The third-order valence-corrected chi connectivity index (χ3v) is 5.09. The molecule has 4 heteroatoms. The highest BCUT2D eigenvalue weighted by atomic mass is 16.5. The topological polar surface area (TPSA) is 41.7 Å². The SMILES string of the molecule is CC1CC(CN)(N2CCOCC2C)CN1C1CC1. The van der Waals surface area contributed by atoms with Crippen molar-refractivity contribution < 1.29 is 4.74 Å². The number of nitrogens with two attached hydrogens (primary N) is 1. The molecule has 104 valence electrons. The molecule has 3 unspecified atom stereocenters. The van der Waals surface area contributed by atoms with Crippen LogP contribution in [0.3, 0.4) is 0 Å². The molecule has 1 aliphatic carbocycles. The summed E-state index contributed by atoms with van der Waals surface area (Å²) >= 11 is 0. The highest BCUT2D eigenvalue weighted by molar-refractivity contribution is 5.08. The van der Waals surface area contributed by atoms with Crippen molar-refractivity contribution in [3.8, 4) is 0 Å². The zero-order valence-corrected chi connectivity index (χ0v) is 11.8. The van der Waals surface area contributed by atoms with E-state index < -0.39 is 0 Å². The zero-order valence-electron chi connectivity index (χ0n) is 11.8. The smallest absolute Gasteiger partial charge is 0.0620 e. The standard InChI is InChI=1S/C14H27N3O/c1-11-7-14(9-15,10-16(11)13-3-4-13)17-5-6-18-8-12(17)2/h11-13H,3-10,15H2,1-2H3. The molecule has 3 atom stereocenters. The van der Waals surface area contributed by atoms with Crippen LogP contribution in [0.25, 0.3) is 0 Å². The van der Waals surface area contributed by atoms with Crippen LogP contribution in [0.15, 0.2) is 0 Å². The number of nitrogens with zero attached hydrogens (tertiary/aromatic N) is 2. The van der Waals surface area contributed by atoms with Gasteiger partial charge in [-0.25, -0.2) is 0 Å². The molecule has 0 amide bonds. The number of hydrogen-bond acceptors (Lipinski definition) is 4. The molecule has 0 aromatic carbocycles. The summed E-state index contributed by atoms with van der Waals surface area (Å²) in [4.78, 5) is 5.34. The van der Waals surface area contributed by atoms with Crippen LogP contribution in [0.2, 0.25) is 0 Å². The van der Waals surface area contributed by atoms with Crippen LogP contribution in [0.4, 0.5) is 0 Å². The molecule has 2 heterocycles. The average Bonchev–Trinajstić information content (AvgIpc) is 3.15. The van der Waals surface area contributed by atoms with Crippen LogP contribution in [0.5, 0.6) is 0 Å². The molecule has 1 saturated carbocycles. The molecule has 18 heavy (non-hydrogen) atoms. The molecule has 2 N–H and O–H groups in total. The lowest BCUT2D eigenvalue weighted by atomic mass is 9.92. The second kappa shape index (κ2) is 4.75. The lowest BCUT2D eigenvalue weighted by Crippen LogP contribution is -2.62. The molecule has 0 aromatic rings. The quantitative estimate of drug-likeness (QED) is 0.802. The summed E-state index contributed by atoms with van der Waals surface area (Å²) in [7, 11) is 0. The van der Waals surface area contributed by atoms with Crippen LogP contribution in [-0.4, -0.2) is 66.3 Å². The van der Waals surface area contributed by atoms with Crippen molar-refractivity contribution in [1.29, 1.82) is 0 Å². The summed E-state index contributed by atoms with van der Waals surface area (Å²) in [5.74, 6) is 0. The summed E-state index contributed by atoms with van der Waals surface area (Å²) in [5.41, 5.74) is 6.40. The van der Waals surface area contributed by atoms with E-state index in [1.807, 2.05) is 0 Å². The number of morpholine rings is 1. The third-order valence-electron chi connectivity index (χ3n) is 5.09. The summed E-state index contributed by atoms with van der Waals surface area (Å²) in [6.45, 7) is 9.37. The van der Waals surface area contributed by atoms with Gasteiger partial charge in [-0.3, -0.25) is 9.80 Å². The minimum atomic E-state index is 0.200. The molecular weight excluding hydrogens is 226 g/mol. The predicted octanol–water partition coefficient (Wildman–Crippen LogP) is 0.661. The predicted molar refractivity (Wildman–Crippen MR) is 72.6 cm³/mol. The van der Waals surface area contributed by atoms with Gasteiger partial charge in [0.2, 0.25) is 0 Å². The Morgan fingerprint density at radius 2 is 2.06 bits per heavy atom. The van der Waals surface area contributed by atoms with E-state index in [1.54, 1.807) is 0 Å². The van der Waals surface area contributed by atoms with Crippen molar-refractivity contribution in [2.45, 2.75) is 56.8 Å². The minimum absolute atomic E-state index is 0.200. The van der Waals surface area contributed by atoms with Crippen LogP contribution in [-0.2, 0) is 4.74 Å². The zero-order chi connectivity index (χ0) is 12.8. The first-order chi connectivity index (χ1) is 8.66. The first-order valence-electron chi connectivity index (χ1n) is 7.46. The monoisotopic (exact) mass is 253 g/mol. The second-order valence-corrected chi connectivity index (χ2v) is 6.50. The first kappa shape index (κ1) is 12.9. The van der Waals surface area contributed by atoms with E-state index in [1.165, 1.54) is 25.8 Å². The number of likely N-dealkylation sites (tertiary alicyclic amines) is 1. The molecule has 2 aliphatic heterocycles. The maximum atomic E-state index is 6.20. The van der Waals surface area contributed by atoms with E-state index in [0.29, 0.717) is 12.1 Å². The number of ether oxygens (including phenoxy) is 1. The van der Waals surface area contributed by atoms with Crippen LogP contribution in [0, 0.1) is 0 Å². The van der Waals surface area contributed by atoms with E-state index in [4.69, 9.17) is 10.5 Å². The minimum Gasteiger partial charge on any atom is -0.379 e. The van der Waals surface area contributed by atoms with Crippen LogP contribution in [0.1, 0.15) is 33.1 Å². The highest BCUT2D eigenvalue weighted by Crippen LogP contribution is 2.40. The Kier molecular flexibility index (Phi) is 3.39. The van der Waals surface area contributed by atoms with E-state index in [0.717, 1.165) is 32.3 Å². The van der Waals surface area contributed by atoms with Gasteiger partial charge in [-0.05, 0) is 33.1 Å². The van der Waals surface area contributed by atoms with Crippen molar-refractivity contribution in [3.05, 3.63) is 0 Å². The van der Waals surface area contributed by atoms with E-state index in [9.17, 15) is 0 Å². The summed E-state index contributed by atoms with van der Waals surface area (Å²) in [6, 6.07) is 2.05. The Labute approximate surface area is 110 Å². The third kappa shape index (κ3) is 2.09. The molecule has 3 aliphatic rings. The summed E-state index contributed by atoms with van der Waals surface area (Å²) < 4.78 is 5.58. The highest BCUT2D eigenvalue weighted by Gasteiger charge is 2.50. The molecule has 2 saturated heterocycles. The lowest BCUT2D eigenvalue weighted by molar-refractivity contribution is -0.0534. The van der Waals surface area contributed by atoms with Crippen molar-refractivity contribution in [3.63, 3.8) is 0 Å². The van der Waals surface area contributed by atoms with E-state index in [2.05, 4.69) is 23.6 Å². The maximum Gasteiger partial charge on any atom is 0.0620 e. The number of hydrogen-bond donors (Lipinski definition) is 1. The average molecular weight is 253 g/mol. The van der Waals surface area contributed by atoms with E-state index >= 15 is 0 Å². The van der Waals surface area contributed by atoms with Crippen LogP contribution < -0.4 is 5.73 Å². The Hall–Kier alpha value is -0.160. The van der Waals surface area contributed by atoms with Gasteiger partial charge in [0, 0.05) is 43.3 Å². The Morgan fingerprint density at radius 3 is 2.67 bits per heavy atom. The normalized spacial score (nSPS) is 43.5. The molecule has 0 aromatic heterocycles. The van der Waals surface area contributed by atoms with Crippen LogP contribution >= 0.6 is 0 Å². The van der Waals surface area contributed by atoms with Gasteiger partial charge in [-0.1, -0.05) is 0 Å². The largest absolute Gasteiger partial charge is 0.379 e. The van der Waals surface area contributed by atoms with Crippen molar-refractivity contribution in [1.82, 2.24) is 9.80 Å². The Balaban J connectivity index is 1.77. The fourth-order valence-corrected chi connectivity index (χ4v) is 4.03. The lowest BCUT2D eigenvalue weighted by Gasteiger charge is -2.46. The molecule has 3 rings (SSSR count). The van der Waals surface area contributed by atoms with Gasteiger partial charge in [0.25, 0.3) is 0 Å². The second-order valence-electron chi connectivity index (χ2n) is 6.50. The Morgan fingerprint density at radius 1 is 1.28 bits per heavy atom. The first-order valence-corrected chi connectivity index (χ1v) is 7.46. The fraction of sp³-hybridized carbons (Fsp3) is 1.00. The molecule has 0 spiro atoms.